The molecule has 1 aliphatic heterocycles. The van der Waals surface area contributed by atoms with Crippen LogP contribution in [0.15, 0.2) is 24.3 Å². The van der Waals surface area contributed by atoms with Crippen molar-refractivity contribution in [3.05, 3.63) is 34.9 Å². The SMILES string of the molecule is C[C@@H]1CNC[C@H](C)N1C(=O)OCc1ccc(Cl)cc1.Cl. The first-order valence-electron chi connectivity index (χ1n) is 6.48. The molecule has 0 aliphatic carbocycles. The lowest BCUT2D eigenvalue weighted by Gasteiger charge is -2.38. The molecule has 112 valence electrons. The van der Waals surface area contributed by atoms with Crippen LogP contribution in [0.2, 0.25) is 5.02 Å². The highest BCUT2D eigenvalue weighted by Crippen LogP contribution is 2.14. The fourth-order valence-corrected chi connectivity index (χ4v) is 2.42. The van der Waals surface area contributed by atoms with E-state index in [0.717, 1.165) is 18.7 Å². The number of ether oxygens (including phenoxy) is 1. The van der Waals surface area contributed by atoms with E-state index in [1.54, 1.807) is 17.0 Å². The van der Waals surface area contributed by atoms with Crippen LogP contribution < -0.4 is 5.32 Å². The van der Waals surface area contributed by atoms with Gasteiger partial charge in [0, 0.05) is 30.2 Å². The van der Waals surface area contributed by atoms with Crippen molar-refractivity contribution in [2.75, 3.05) is 13.1 Å². The highest BCUT2D eigenvalue weighted by Gasteiger charge is 2.29. The quantitative estimate of drug-likeness (QED) is 0.911. The second-order valence-electron chi connectivity index (χ2n) is 4.94. The Hall–Kier alpha value is -0.970. The van der Waals surface area contributed by atoms with Gasteiger partial charge in [0.1, 0.15) is 6.61 Å². The number of amides is 1. The van der Waals surface area contributed by atoms with Gasteiger partial charge in [-0.1, -0.05) is 23.7 Å². The third kappa shape index (κ3) is 4.27. The molecule has 1 aromatic rings. The highest BCUT2D eigenvalue weighted by atomic mass is 35.5. The molecule has 1 amide bonds. The minimum atomic E-state index is -0.253. The molecule has 0 saturated carbocycles. The van der Waals surface area contributed by atoms with E-state index in [1.807, 2.05) is 26.0 Å². The van der Waals surface area contributed by atoms with Crippen molar-refractivity contribution in [3.63, 3.8) is 0 Å². The fraction of sp³-hybridized carbons (Fsp3) is 0.500. The third-order valence-electron chi connectivity index (χ3n) is 3.32. The lowest BCUT2D eigenvalue weighted by atomic mass is 10.1. The van der Waals surface area contributed by atoms with Gasteiger partial charge in [-0.25, -0.2) is 4.79 Å². The number of hydrogen-bond donors (Lipinski definition) is 1. The molecule has 0 aromatic heterocycles. The summed E-state index contributed by atoms with van der Waals surface area (Å²) < 4.78 is 5.36. The average Bonchev–Trinajstić information content (AvgIpc) is 2.38. The maximum atomic E-state index is 12.1. The van der Waals surface area contributed by atoms with Gasteiger partial charge in [-0.05, 0) is 31.5 Å². The minimum Gasteiger partial charge on any atom is -0.445 e. The maximum Gasteiger partial charge on any atom is 0.410 e. The van der Waals surface area contributed by atoms with Crippen LogP contribution >= 0.6 is 24.0 Å². The number of nitrogens with zero attached hydrogens (tertiary/aromatic N) is 1. The highest BCUT2D eigenvalue weighted by molar-refractivity contribution is 6.30. The Labute approximate surface area is 130 Å². The van der Waals surface area contributed by atoms with Crippen LogP contribution in [-0.4, -0.2) is 36.2 Å². The zero-order valence-electron chi connectivity index (χ0n) is 11.6. The van der Waals surface area contributed by atoms with Gasteiger partial charge in [0.2, 0.25) is 0 Å². The van der Waals surface area contributed by atoms with Gasteiger partial charge in [-0.15, -0.1) is 12.4 Å². The monoisotopic (exact) mass is 318 g/mol. The first-order valence-corrected chi connectivity index (χ1v) is 6.86. The normalized spacial score (nSPS) is 22.1. The lowest BCUT2D eigenvalue weighted by Crippen LogP contribution is -2.57. The van der Waals surface area contributed by atoms with Gasteiger partial charge in [0.05, 0.1) is 0 Å². The first-order chi connectivity index (χ1) is 9.08. The summed E-state index contributed by atoms with van der Waals surface area (Å²) in [7, 11) is 0. The Balaban J connectivity index is 0.00000200. The van der Waals surface area contributed by atoms with E-state index in [2.05, 4.69) is 5.32 Å². The average molecular weight is 319 g/mol. The molecule has 0 spiro atoms. The molecule has 0 radical (unpaired) electrons. The molecule has 20 heavy (non-hydrogen) atoms. The summed E-state index contributed by atoms with van der Waals surface area (Å²) in [6.45, 7) is 5.93. The molecule has 0 unspecified atom stereocenters. The summed E-state index contributed by atoms with van der Waals surface area (Å²) in [6.07, 6.45) is -0.253. The fourth-order valence-electron chi connectivity index (χ4n) is 2.29. The number of nitrogens with one attached hydrogen (secondary N) is 1. The molecule has 1 heterocycles. The van der Waals surface area contributed by atoms with E-state index >= 15 is 0 Å². The number of benzene rings is 1. The van der Waals surface area contributed by atoms with Gasteiger partial charge >= 0.3 is 6.09 Å². The summed E-state index contributed by atoms with van der Waals surface area (Å²) in [4.78, 5) is 13.9. The number of rotatable bonds is 2. The van der Waals surface area contributed by atoms with Crippen LogP contribution in [0.25, 0.3) is 0 Å². The second-order valence-corrected chi connectivity index (χ2v) is 5.38. The van der Waals surface area contributed by atoms with E-state index in [9.17, 15) is 4.79 Å². The Bertz CT molecular complexity index is 429. The van der Waals surface area contributed by atoms with Crippen LogP contribution in [0, 0.1) is 0 Å². The van der Waals surface area contributed by atoms with Crippen molar-refractivity contribution in [2.24, 2.45) is 0 Å². The first kappa shape index (κ1) is 17.1. The van der Waals surface area contributed by atoms with Crippen LogP contribution in [0.3, 0.4) is 0 Å². The van der Waals surface area contributed by atoms with Crippen LogP contribution in [-0.2, 0) is 11.3 Å². The van der Waals surface area contributed by atoms with Crippen molar-refractivity contribution in [2.45, 2.75) is 32.5 Å². The summed E-state index contributed by atoms with van der Waals surface area (Å²) in [5.74, 6) is 0. The lowest BCUT2D eigenvalue weighted by molar-refractivity contribution is 0.0564. The number of piperazine rings is 1. The van der Waals surface area contributed by atoms with Crippen molar-refractivity contribution in [3.8, 4) is 0 Å². The molecule has 6 heteroatoms. The largest absolute Gasteiger partial charge is 0.445 e. The zero-order valence-corrected chi connectivity index (χ0v) is 13.2. The summed E-state index contributed by atoms with van der Waals surface area (Å²) in [6, 6.07) is 7.62. The number of carbonyl (C=O) groups excluding carboxylic acids is 1. The van der Waals surface area contributed by atoms with Gasteiger partial charge in [0.15, 0.2) is 0 Å². The smallest absolute Gasteiger partial charge is 0.410 e. The molecule has 4 nitrogen and oxygen atoms in total. The zero-order chi connectivity index (χ0) is 13.8. The van der Waals surface area contributed by atoms with Crippen molar-refractivity contribution in [1.29, 1.82) is 0 Å². The molecule has 2 atom stereocenters. The van der Waals surface area contributed by atoms with Gasteiger partial charge in [-0.2, -0.15) is 0 Å². The number of carbonyl (C=O) groups is 1. The van der Waals surface area contributed by atoms with E-state index in [0.29, 0.717) is 5.02 Å². The third-order valence-corrected chi connectivity index (χ3v) is 3.57. The molecule has 1 aromatic carbocycles. The topological polar surface area (TPSA) is 41.6 Å². The van der Waals surface area contributed by atoms with Gasteiger partial charge in [-0.3, -0.25) is 0 Å². The molecule has 2 rings (SSSR count). The van der Waals surface area contributed by atoms with Crippen molar-refractivity contribution >= 4 is 30.1 Å². The summed E-state index contributed by atoms with van der Waals surface area (Å²) >= 11 is 5.81. The Morgan fingerprint density at radius 3 is 2.40 bits per heavy atom. The standard InChI is InChI=1S/C14H19ClN2O2.ClH/c1-10-7-16-8-11(2)17(10)14(18)19-9-12-3-5-13(15)6-4-12;/h3-6,10-11,16H,7-9H2,1-2H3;1H/t10-,11+;. The molecule has 0 bridgehead atoms. The Kier molecular flexibility index (Phi) is 6.59. The Morgan fingerprint density at radius 2 is 1.85 bits per heavy atom. The van der Waals surface area contributed by atoms with Gasteiger partial charge < -0.3 is 15.0 Å². The molecular formula is C14H20Cl2N2O2. The molecule has 1 aliphatic rings. The summed E-state index contributed by atoms with van der Waals surface area (Å²) in [5.41, 5.74) is 0.938. The molecular weight excluding hydrogens is 299 g/mol. The van der Waals surface area contributed by atoms with Crippen LogP contribution in [0.1, 0.15) is 19.4 Å². The van der Waals surface area contributed by atoms with E-state index in [-0.39, 0.29) is 37.2 Å². The van der Waals surface area contributed by atoms with Crippen molar-refractivity contribution < 1.29 is 9.53 Å². The van der Waals surface area contributed by atoms with Crippen LogP contribution in [0.4, 0.5) is 4.79 Å². The maximum absolute atomic E-state index is 12.1. The number of hydrogen-bond acceptors (Lipinski definition) is 3. The predicted molar refractivity (Wildman–Crippen MR) is 82.5 cm³/mol. The molecule has 1 fully saturated rings. The van der Waals surface area contributed by atoms with Gasteiger partial charge in [0.25, 0.3) is 0 Å². The minimum absolute atomic E-state index is 0. The van der Waals surface area contributed by atoms with Crippen LogP contribution in [0.5, 0.6) is 0 Å². The van der Waals surface area contributed by atoms with E-state index in [1.165, 1.54) is 0 Å². The second kappa shape index (κ2) is 7.72. The molecule has 1 saturated heterocycles. The van der Waals surface area contributed by atoms with Crippen molar-refractivity contribution in [1.82, 2.24) is 10.2 Å². The predicted octanol–water partition coefficient (Wildman–Crippen LogP) is 3.08. The van der Waals surface area contributed by atoms with E-state index in [4.69, 9.17) is 16.3 Å². The summed E-state index contributed by atoms with van der Waals surface area (Å²) in [5, 5.41) is 3.97. The number of halogens is 2. The molecule has 1 N–H and O–H groups in total. The Morgan fingerprint density at radius 1 is 1.30 bits per heavy atom. The van der Waals surface area contributed by atoms with E-state index < -0.39 is 0 Å².